The lowest BCUT2D eigenvalue weighted by Crippen LogP contribution is -2.59. The minimum Gasteiger partial charge on any atom is -0.430 e. The molecule has 0 spiro atoms. The van der Waals surface area contributed by atoms with Crippen LogP contribution >= 0.6 is 0 Å². The number of carbonyl (C=O) groups is 2. The molecule has 37 heavy (non-hydrogen) atoms. The predicted molar refractivity (Wildman–Crippen MR) is 108 cm³/mol. The topological polar surface area (TPSA) is 116 Å². The Hall–Kier alpha value is -1.94. The minimum absolute atomic E-state index is 0.133. The van der Waals surface area contributed by atoms with Crippen molar-refractivity contribution in [1.29, 1.82) is 0 Å². The van der Waals surface area contributed by atoms with Gasteiger partial charge in [0.2, 0.25) is 0 Å². The highest BCUT2D eigenvalue weighted by Crippen LogP contribution is 2.65. The van der Waals surface area contributed by atoms with Gasteiger partial charge in [-0.1, -0.05) is 6.58 Å². The lowest BCUT2D eigenvalue weighted by atomic mass is 9.69. The van der Waals surface area contributed by atoms with E-state index in [1.165, 1.54) is 0 Å². The van der Waals surface area contributed by atoms with E-state index in [4.69, 9.17) is 9.29 Å². The van der Waals surface area contributed by atoms with Gasteiger partial charge >= 0.3 is 45.2 Å². The van der Waals surface area contributed by atoms with Crippen molar-refractivity contribution in [3.63, 3.8) is 0 Å². The molecule has 0 aromatic rings. The van der Waals surface area contributed by atoms with Crippen LogP contribution < -0.4 is 0 Å². The van der Waals surface area contributed by atoms with Crippen LogP contribution in [-0.4, -0.2) is 54.7 Å². The van der Waals surface area contributed by atoms with E-state index in [0.717, 1.165) is 12.8 Å². The number of alkyl halides is 7. The molecule has 0 heterocycles. The molecule has 0 aliphatic heterocycles. The predicted octanol–water partition coefficient (Wildman–Crippen LogP) is 4.60. The van der Waals surface area contributed by atoms with Crippen LogP contribution in [0.4, 0.5) is 30.7 Å². The van der Waals surface area contributed by atoms with Crippen molar-refractivity contribution in [1.82, 2.24) is 0 Å². The zero-order valence-electron chi connectivity index (χ0n) is 19.2. The highest BCUT2D eigenvalue weighted by Gasteiger charge is 2.70. The molecule has 212 valence electrons. The second kappa shape index (κ2) is 9.67. The van der Waals surface area contributed by atoms with Crippen molar-refractivity contribution in [2.45, 2.75) is 74.5 Å². The lowest BCUT2D eigenvalue weighted by molar-refractivity contribution is -0.357. The molecular formula is C21H25F7O8S. The summed E-state index contributed by atoms with van der Waals surface area (Å²) in [4.78, 5) is 25.4. The number of ether oxygens (including phenoxy) is 3. The Balaban J connectivity index is 1.73. The molecule has 0 saturated heterocycles. The Morgan fingerprint density at radius 3 is 2.03 bits per heavy atom. The Morgan fingerprint density at radius 2 is 1.57 bits per heavy atom. The minimum atomic E-state index is -6.48. The first kappa shape index (κ1) is 29.6. The number of hydrogen-bond acceptors (Lipinski definition) is 7. The monoisotopic (exact) mass is 570 g/mol. The van der Waals surface area contributed by atoms with E-state index in [9.17, 15) is 48.7 Å². The van der Waals surface area contributed by atoms with Crippen LogP contribution in [-0.2, 0) is 33.9 Å². The van der Waals surface area contributed by atoms with E-state index in [-0.39, 0.29) is 37.0 Å². The molecule has 1 N–H and O–H groups in total. The number of rotatable bonds is 12. The van der Waals surface area contributed by atoms with Gasteiger partial charge in [-0.15, -0.1) is 0 Å². The second-order valence-electron chi connectivity index (χ2n) is 9.83. The highest BCUT2D eigenvalue weighted by molar-refractivity contribution is 7.87. The molecule has 0 amide bonds. The van der Waals surface area contributed by atoms with E-state index < -0.39 is 76.5 Å². The van der Waals surface area contributed by atoms with E-state index in [0.29, 0.717) is 6.26 Å². The van der Waals surface area contributed by atoms with Gasteiger partial charge in [-0.3, -0.25) is 9.35 Å². The standard InChI is InChI=1S/C21H25F7O8S/c1-2-34-16(30)19(20(24,25)26,35-6-4-3-5-18(22,23)21(27,28)37(31,32)33)36-15(29)17-9-12-7-13(10-17)14(8-12)11-17/h2,12-14H,1,3-11H2,(H,31,32,33). The van der Waals surface area contributed by atoms with Crippen molar-refractivity contribution >= 4 is 22.1 Å². The van der Waals surface area contributed by atoms with Crippen molar-refractivity contribution in [2.75, 3.05) is 6.61 Å². The first-order valence-electron chi connectivity index (χ1n) is 11.3. The maximum atomic E-state index is 14.1. The summed E-state index contributed by atoms with van der Waals surface area (Å²) in [6.07, 6.45) is -6.54. The Bertz CT molecular complexity index is 1010. The smallest absolute Gasteiger partial charge is 0.430 e. The Labute approximate surface area is 207 Å². The summed E-state index contributed by atoms with van der Waals surface area (Å²) in [5, 5.41) is -5.85. The molecule has 8 nitrogen and oxygen atoms in total. The lowest BCUT2D eigenvalue weighted by Gasteiger charge is -2.39. The maximum Gasteiger partial charge on any atom is 0.468 e. The van der Waals surface area contributed by atoms with E-state index in [1.54, 1.807) is 0 Å². The molecule has 4 aliphatic carbocycles. The zero-order chi connectivity index (χ0) is 28.1. The SMILES string of the molecule is C=COC(=O)C(OCCCCC(F)(F)C(F)(F)S(=O)(=O)O)(OC(=O)C12CC3CC(C1)C(C3)C2)C(F)(F)F. The Morgan fingerprint density at radius 1 is 1.00 bits per heavy atom. The number of halogens is 7. The quantitative estimate of drug-likeness (QED) is 0.0904. The summed E-state index contributed by atoms with van der Waals surface area (Å²) in [5.74, 6) is -12.6. The highest BCUT2D eigenvalue weighted by atomic mass is 32.2. The average Bonchev–Trinajstić information content (AvgIpc) is 3.17. The Kier molecular flexibility index (Phi) is 7.74. The van der Waals surface area contributed by atoms with Crippen molar-refractivity contribution < 1.29 is 67.5 Å². The summed E-state index contributed by atoms with van der Waals surface area (Å²) in [5.41, 5.74) is -1.24. The molecule has 3 atom stereocenters. The summed E-state index contributed by atoms with van der Waals surface area (Å²) < 4.78 is 139. The average molecular weight is 570 g/mol. The maximum absolute atomic E-state index is 14.1. The van der Waals surface area contributed by atoms with Crippen LogP contribution in [0.25, 0.3) is 0 Å². The molecule has 4 aliphatic rings. The fraction of sp³-hybridized carbons (Fsp3) is 0.810. The third kappa shape index (κ3) is 5.20. The molecule has 0 radical (unpaired) electrons. The van der Waals surface area contributed by atoms with Gasteiger partial charge in [0.1, 0.15) is 0 Å². The van der Waals surface area contributed by atoms with Gasteiger partial charge in [-0.2, -0.15) is 39.2 Å². The van der Waals surface area contributed by atoms with Gasteiger partial charge in [0.15, 0.2) is 0 Å². The van der Waals surface area contributed by atoms with Gasteiger partial charge < -0.3 is 14.2 Å². The second-order valence-corrected chi connectivity index (χ2v) is 11.3. The molecule has 4 rings (SSSR count). The first-order chi connectivity index (χ1) is 16.8. The molecule has 0 aromatic carbocycles. The molecule has 3 unspecified atom stereocenters. The van der Waals surface area contributed by atoms with E-state index in [1.807, 2.05) is 0 Å². The van der Waals surface area contributed by atoms with Gasteiger partial charge in [-0.25, -0.2) is 4.79 Å². The van der Waals surface area contributed by atoms with Crippen LogP contribution in [0.15, 0.2) is 12.8 Å². The number of esters is 2. The van der Waals surface area contributed by atoms with Crippen molar-refractivity contribution in [3.8, 4) is 0 Å². The van der Waals surface area contributed by atoms with E-state index in [2.05, 4.69) is 16.1 Å². The third-order valence-corrected chi connectivity index (χ3v) is 8.31. The molecule has 4 bridgehead atoms. The molecule has 0 aromatic heterocycles. The third-order valence-electron chi connectivity index (χ3n) is 7.37. The number of unbranched alkanes of at least 4 members (excludes halogenated alkanes) is 1. The first-order valence-corrected chi connectivity index (χ1v) is 12.7. The van der Waals surface area contributed by atoms with Crippen LogP contribution in [0.2, 0.25) is 0 Å². The van der Waals surface area contributed by atoms with E-state index >= 15 is 0 Å². The van der Waals surface area contributed by atoms with Crippen molar-refractivity contribution in [2.24, 2.45) is 23.2 Å². The molecule has 4 saturated carbocycles. The molecular weight excluding hydrogens is 545 g/mol. The van der Waals surface area contributed by atoms with Crippen LogP contribution in [0.5, 0.6) is 0 Å². The molecule has 16 heteroatoms. The normalized spacial score (nSPS) is 29.1. The summed E-state index contributed by atoms with van der Waals surface area (Å²) in [7, 11) is -6.48. The summed E-state index contributed by atoms with van der Waals surface area (Å²) >= 11 is 0. The van der Waals surface area contributed by atoms with Gasteiger partial charge in [0.05, 0.1) is 18.3 Å². The fourth-order valence-corrected chi connectivity index (χ4v) is 6.32. The molecule has 4 fully saturated rings. The summed E-state index contributed by atoms with van der Waals surface area (Å²) in [6, 6.07) is 0. The van der Waals surface area contributed by atoms with Crippen LogP contribution in [0.3, 0.4) is 0 Å². The fourth-order valence-electron chi connectivity index (χ4n) is 5.84. The van der Waals surface area contributed by atoms with Crippen LogP contribution in [0.1, 0.15) is 51.4 Å². The number of carbonyl (C=O) groups excluding carboxylic acids is 2. The van der Waals surface area contributed by atoms with Crippen molar-refractivity contribution in [3.05, 3.63) is 12.8 Å². The largest absolute Gasteiger partial charge is 0.468 e. The van der Waals surface area contributed by atoms with Crippen LogP contribution in [0, 0.1) is 23.2 Å². The number of hydrogen-bond donors (Lipinski definition) is 1. The zero-order valence-corrected chi connectivity index (χ0v) is 20.1. The van der Waals surface area contributed by atoms with Gasteiger partial charge in [0.25, 0.3) is 0 Å². The van der Waals surface area contributed by atoms with Gasteiger partial charge in [0, 0.05) is 6.42 Å². The van der Waals surface area contributed by atoms with Gasteiger partial charge in [-0.05, 0) is 62.7 Å². The summed E-state index contributed by atoms with van der Waals surface area (Å²) in [6.45, 7) is 1.77.